The molecule has 1 aromatic heterocycles. The van der Waals surface area contributed by atoms with Crippen LogP contribution < -0.4 is 4.90 Å². The molecule has 1 aliphatic heterocycles. The third-order valence-electron chi connectivity index (χ3n) is 4.98. The maximum atomic E-state index is 13.0. The fourth-order valence-electron chi connectivity index (χ4n) is 3.47. The number of rotatable bonds is 3. The Morgan fingerprint density at radius 1 is 1.07 bits per heavy atom. The first-order chi connectivity index (χ1) is 14.4. The Kier molecular flexibility index (Phi) is 5.33. The molecule has 0 aliphatic carbocycles. The van der Waals surface area contributed by atoms with Gasteiger partial charge in [0.25, 0.3) is 11.7 Å². The molecule has 0 bridgehead atoms. The van der Waals surface area contributed by atoms with Gasteiger partial charge in [-0.3, -0.25) is 19.5 Å². The molecule has 2 aromatic carbocycles. The van der Waals surface area contributed by atoms with Crippen LogP contribution in [0.4, 0.5) is 5.69 Å². The van der Waals surface area contributed by atoms with Gasteiger partial charge in [-0.2, -0.15) is 0 Å². The number of aliphatic hydroxyl groups is 1. The second kappa shape index (κ2) is 7.94. The number of carbonyl (C=O) groups excluding carboxylic acids is 2. The molecule has 2 heterocycles. The van der Waals surface area contributed by atoms with Gasteiger partial charge in [-0.25, -0.2) is 0 Å². The Morgan fingerprint density at radius 2 is 1.87 bits per heavy atom. The van der Waals surface area contributed by atoms with Crippen molar-refractivity contribution >= 4 is 46.3 Å². The summed E-state index contributed by atoms with van der Waals surface area (Å²) in [4.78, 5) is 31.5. The standard InChI is InChI=1S/C23H16Cl2N2O3/c1-13-7-8-17(11-18(13)25)27-20(15-5-3-9-26-12-15)19(22(29)23(27)30)21(28)14-4-2-6-16(24)10-14/h2-12,20,28H,1H3/b21-19+. The van der Waals surface area contributed by atoms with Gasteiger partial charge in [-0.05, 0) is 48.4 Å². The summed E-state index contributed by atoms with van der Waals surface area (Å²) in [5.74, 6) is -1.85. The predicted octanol–water partition coefficient (Wildman–Crippen LogP) is 5.32. The summed E-state index contributed by atoms with van der Waals surface area (Å²) < 4.78 is 0. The lowest BCUT2D eigenvalue weighted by atomic mass is 9.96. The molecule has 1 aliphatic rings. The van der Waals surface area contributed by atoms with Crippen LogP contribution in [0.2, 0.25) is 10.0 Å². The molecule has 0 saturated carbocycles. The first-order valence-electron chi connectivity index (χ1n) is 9.11. The lowest BCUT2D eigenvalue weighted by molar-refractivity contribution is -0.132. The molecule has 1 N–H and O–H groups in total. The van der Waals surface area contributed by atoms with Crippen LogP contribution in [0.1, 0.15) is 22.7 Å². The van der Waals surface area contributed by atoms with E-state index in [4.69, 9.17) is 23.2 Å². The Morgan fingerprint density at radius 3 is 2.53 bits per heavy atom. The summed E-state index contributed by atoms with van der Waals surface area (Å²) in [7, 11) is 0. The van der Waals surface area contributed by atoms with E-state index in [9.17, 15) is 14.7 Å². The molecule has 3 aromatic rings. The third kappa shape index (κ3) is 3.47. The van der Waals surface area contributed by atoms with Gasteiger partial charge < -0.3 is 5.11 Å². The van der Waals surface area contributed by atoms with Crippen molar-refractivity contribution in [3.05, 3.63) is 99.3 Å². The number of amides is 1. The second-order valence-electron chi connectivity index (χ2n) is 6.90. The van der Waals surface area contributed by atoms with Crippen molar-refractivity contribution in [1.82, 2.24) is 4.98 Å². The maximum absolute atomic E-state index is 13.0. The van der Waals surface area contributed by atoms with Crippen molar-refractivity contribution in [2.24, 2.45) is 0 Å². The number of nitrogens with zero attached hydrogens (tertiary/aromatic N) is 2. The summed E-state index contributed by atoms with van der Waals surface area (Å²) in [6, 6.07) is 14.2. The average Bonchev–Trinajstić information content (AvgIpc) is 3.01. The van der Waals surface area contributed by atoms with E-state index >= 15 is 0 Å². The number of hydrogen-bond donors (Lipinski definition) is 1. The van der Waals surface area contributed by atoms with Crippen LogP contribution in [0.5, 0.6) is 0 Å². The number of halogens is 2. The Balaban J connectivity index is 1.96. The zero-order chi connectivity index (χ0) is 21.4. The molecule has 4 rings (SSSR count). The van der Waals surface area contributed by atoms with Gasteiger partial charge in [0.05, 0.1) is 11.6 Å². The number of aryl methyl sites for hydroxylation is 1. The Labute approximate surface area is 183 Å². The highest BCUT2D eigenvalue weighted by Crippen LogP contribution is 2.42. The average molecular weight is 439 g/mol. The number of aromatic nitrogens is 1. The zero-order valence-electron chi connectivity index (χ0n) is 15.8. The lowest BCUT2D eigenvalue weighted by Gasteiger charge is -2.25. The van der Waals surface area contributed by atoms with Crippen LogP contribution in [0.15, 0.2) is 72.6 Å². The molecule has 1 fully saturated rings. The summed E-state index contributed by atoms with van der Waals surface area (Å²) >= 11 is 12.3. The highest BCUT2D eigenvalue weighted by atomic mass is 35.5. The molecule has 1 amide bonds. The van der Waals surface area contributed by atoms with Gasteiger partial charge in [0.15, 0.2) is 0 Å². The Hall–Kier alpha value is -3.15. The number of benzene rings is 2. The van der Waals surface area contributed by atoms with Crippen molar-refractivity contribution in [2.75, 3.05) is 4.90 Å². The normalized spacial score (nSPS) is 18.1. The van der Waals surface area contributed by atoms with E-state index in [1.165, 1.54) is 11.0 Å². The second-order valence-corrected chi connectivity index (χ2v) is 7.74. The largest absolute Gasteiger partial charge is 0.507 e. The van der Waals surface area contributed by atoms with Gasteiger partial charge >= 0.3 is 0 Å². The van der Waals surface area contributed by atoms with Crippen LogP contribution in [0, 0.1) is 6.92 Å². The molecule has 150 valence electrons. The predicted molar refractivity (Wildman–Crippen MR) is 117 cm³/mol. The van der Waals surface area contributed by atoms with Crippen molar-refractivity contribution in [3.8, 4) is 0 Å². The van der Waals surface area contributed by atoms with Crippen LogP contribution in [0.25, 0.3) is 5.76 Å². The van der Waals surface area contributed by atoms with E-state index in [1.54, 1.807) is 60.9 Å². The number of carbonyl (C=O) groups is 2. The number of anilines is 1. The number of pyridine rings is 1. The number of ketones is 1. The smallest absolute Gasteiger partial charge is 0.300 e. The summed E-state index contributed by atoms with van der Waals surface area (Å²) in [6.07, 6.45) is 3.15. The quantitative estimate of drug-likeness (QED) is 0.341. The number of Topliss-reactive ketones (excluding diaryl/α,β-unsaturated/α-hetero) is 1. The van der Waals surface area contributed by atoms with Crippen molar-refractivity contribution in [3.63, 3.8) is 0 Å². The van der Waals surface area contributed by atoms with Crippen LogP contribution in [-0.2, 0) is 9.59 Å². The minimum Gasteiger partial charge on any atom is -0.507 e. The van der Waals surface area contributed by atoms with E-state index < -0.39 is 17.7 Å². The van der Waals surface area contributed by atoms with E-state index in [1.807, 2.05) is 6.92 Å². The molecule has 7 heteroatoms. The number of aliphatic hydroxyl groups excluding tert-OH is 1. The Bertz CT molecular complexity index is 1190. The summed E-state index contributed by atoms with van der Waals surface area (Å²) in [5.41, 5.74) is 2.18. The van der Waals surface area contributed by atoms with Gasteiger partial charge in [0.2, 0.25) is 0 Å². The molecule has 1 unspecified atom stereocenters. The fraction of sp³-hybridized carbons (Fsp3) is 0.0870. The minimum absolute atomic E-state index is 0.0352. The van der Waals surface area contributed by atoms with Gasteiger partial charge in [-0.15, -0.1) is 0 Å². The molecule has 0 radical (unpaired) electrons. The first-order valence-corrected chi connectivity index (χ1v) is 9.87. The molecule has 5 nitrogen and oxygen atoms in total. The van der Waals surface area contributed by atoms with Crippen LogP contribution in [-0.4, -0.2) is 21.8 Å². The molecule has 1 saturated heterocycles. The summed E-state index contributed by atoms with van der Waals surface area (Å²) in [6.45, 7) is 1.85. The van der Waals surface area contributed by atoms with E-state index in [2.05, 4.69) is 4.98 Å². The fourth-order valence-corrected chi connectivity index (χ4v) is 3.84. The molecule has 0 spiro atoms. The third-order valence-corrected chi connectivity index (χ3v) is 5.62. The molecule has 1 atom stereocenters. The van der Waals surface area contributed by atoms with Crippen LogP contribution >= 0.6 is 23.2 Å². The SMILES string of the molecule is Cc1ccc(N2C(=O)C(=O)/C(=C(/O)c3cccc(Cl)c3)C2c2cccnc2)cc1Cl. The molecular formula is C23H16Cl2N2O3. The van der Waals surface area contributed by atoms with E-state index in [0.29, 0.717) is 26.9 Å². The summed E-state index contributed by atoms with van der Waals surface area (Å²) in [5, 5.41) is 11.9. The maximum Gasteiger partial charge on any atom is 0.300 e. The highest BCUT2D eigenvalue weighted by Gasteiger charge is 2.47. The van der Waals surface area contributed by atoms with Crippen molar-refractivity contribution in [2.45, 2.75) is 13.0 Å². The van der Waals surface area contributed by atoms with Gasteiger partial charge in [-0.1, -0.05) is 47.5 Å². The topological polar surface area (TPSA) is 70.5 Å². The van der Waals surface area contributed by atoms with Crippen LogP contribution in [0.3, 0.4) is 0 Å². The molecular weight excluding hydrogens is 423 g/mol. The van der Waals surface area contributed by atoms with Gasteiger partial charge in [0.1, 0.15) is 5.76 Å². The number of hydrogen-bond acceptors (Lipinski definition) is 4. The first kappa shape index (κ1) is 20.1. The highest BCUT2D eigenvalue weighted by molar-refractivity contribution is 6.51. The van der Waals surface area contributed by atoms with Crippen molar-refractivity contribution in [1.29, 1.82) is 0 Å². The zero-order valence-corrected chi connectivity index (χ0v) is 17.4. The minimum atomic E-state index is -0.864. The van der Waals surface area contributed by atoms with Crippen molar-refractivity contribution < 1.29 is 14.7 Å². The van der Waals surface area contributed by atoms with Gasteiger partial charge in [0, 0.05) is 33.7 Å². The van der Waals surface area contributed by atoms with E-state index in [-0.39, 0.29) is 11.3 Å². The lowest BCUT2D eigenvalue weighted by Crippen LogP contribution is -2.29. The van der Waals surface area contributed by atoms with E-state index in [0.717, 1.165) is 5.56 Å². The molecule has 30 heavy (non-hydrogen) atoms. The monoisotopic (exact) mass is 438 g/mol.